The molecule has 1 saturated heterocycles. The Kier molecular flexibility index (Phi) is 2.56. The molecule has 90 valence electrons. The summed E-state index contributed by atoms with van der Waals surface area (Å²) < 4.78 is 8.77. The molecule has 0 unspecified atom stereocenters. The van der Waals surface area contributed by atoms with Gasteiger partial charge in [-0.05, 0) is 6.42 Å². The van der Waals surface area contributed by atoms with Gasteiger partial charge in [-0.15, -0.1) is 0 Å². The summed E-state index contributed by atoms with van der Waals surface area (Å²) in [4.78, 5) is 16.2. The van der Waals surface area contributed by atoms with Crippen LogP contribution in [0.5, 0.6) is 0 Å². The molecule has 3 heterocycles. The third-order valence-corrected chi connectivity index (χ3v) is 2.97. The molecule has 1 fully saturated rings. The summed E-state index contributed by atoms with van der Waals surface area (Å²) in [6.45, 7) is 3.01. The standard InChI is InChI=1S/C11H14N4O2/c16-11-10-8-12-9-13(10)3-4-15(11)14-2-1-6-17-7-5-14/h3-4,8-9H,1-2,5-7H2. The van der Waals surface area contributed by atoms with E-state index in [9.17, 15) is 4.79 Å². The fraction of sp³-hybridized carbons (Fsp3) is 0.455. The second-order valence-electron chi connectivity index (χ2n) is 4.05. The van der Waals surface area contributed by atoms with Gasteiger partial charge in [0.15, 0.2) is 0 Å². The van der Waals surface area contributed by atoms with Crippen molar-refractivity contribution in [3.63, 3.8) is 0 Å². The maximum absolute atomic E-state index is 12.2. The normalized spacial score (nSPS) is 17.3. The molecule has 0 bridgehead atoms. The lowest BCUT2D eigenvalue weighted by atomic mass is 10.4. The second kappa shape index (κ2) is 4.21. The quantitative estimate of drug-likeness (QED) is 0.689. The highest BCUT2D eigenvalue weighted by Gasteiger charge is 2.12. The van der Waals surface area contributed by atoms with Gasteiger partial charge in [-0.3, -0.25) is 9.20 Å². The minimum Gasteiger partial charge on any atom is -0.379 e. The second-order valence-corrected chi connectivity index (χ2v) is 4.05. The Morgan fingerprint density at radius 2 is 2.18 bits per heavy atom. The largest absolute Gasteiger partial charge is 0.379 e. The Morgan fingerprint density at radius 1 is 1.24 bits per heavy atom. The minimum atomic E-state index is -0.0353. The fourth-order valence-electron chi connectivity index (χ4n) is 2.08. The molecule has 0 radical (unpaired) electrons. The van der Waals surface area contributed by atoms with E-state index in [0.717, 1.165) is 26.1 Å². The first-order valence-corrected chi connectivity index (χ1v) is 5.72. The van der Waals surface area contributed by atoms with Crippen LogP contribution in [-0.4, -0.2) is 40.4 Å². The molecule has 0 aromatic carbocycles. The lowest BCUT2D eigenvalue weighted by Crippen LogP contribution is -2.43. The summed E-state index contributed by atoms with van der Waals surface area (Å²) in [5, 5.41) is 2.02. The van der Waals surface area contributed by atoms with Gasteiger partial charge >= 0.3 is 0 Å². The van der Waals surface area contributed by atoms with Crippen LogP contribution >= 0.6 is 0 Å². The van der Waals surface area contributed by atoms with Gasteiger partial charge in [0.2, 0.25) is 0 Å². The maximum atomic E-state index is 12.2. The molecule has 0 atom stereocenters. The summed E-state index contributed by atoms with van der Waals surface area (Å²) in [6, 6.07) is 0. The molecule has 0 N–H and O–H groups in total. The fourth-order valence-corrected chi connectivity index (χ4v) is 2.08. The van der Waals surface area contributed by atoms with Gasteiger partial charge in [-0.2, -0.15) is 0 Å². The monoisotopic (exact) mass is 234 g/mol. The lowest BCUT2D eigenvalue weighted by molar-refractivity contribution is 0.151. The zero-order valence-electron chi connectivity index (χ0n) is 9.45. The predicted octanol–water partition coefficient (Wildman–Crippen LogP) is -0.146. The van der Waals surface area contributed by atoms with E-state index in [1.54, 1.807) is 27.8 Å². The van der Waals surface area contributed by atoms with Gasteiger partial charge in [-0.1, -0.05) is 0 Å². The van der Waals surface area contributed by atoms with Crippen molar-refractivity contribution in [2.24, 2.45) is 0 Å². The van der Waals surface area contributed by atoms with E-state index in [0.29, 0.717) is 12.1 Å². The summed E-state index contributed by atoms with van der Waals surface area (Å²) in [5.74, 6) is 0. The molecular weight excluding hydrogens is 220 g/mol. The van der Waals surface area contributed by atoms with Crippen LogP contribution in [0.25, 0.3) is 5.52 Å². The van der Waals surface area contributed by atoms with Crippen LogP contribution in [0.4, 0.5) is 0 Å². The van der Waals surface area contributed by atoms with Gasteiger partial charge in [0.1, 0.15) is 5.52 Å². The minimum absolute atomic E-state index is 0.0353. The van der Waals surface area contributed by atoms with Crippen molar-refractivity contribution in [1.82, 2.24) is 14.1 Å². The summed E-state index contributed by atoms with van der Waals surface area (Å²) >= 11 is 0. The first-order valence-electron chi connectivity index (χ1n) is 5.72. The molecule has 0 amide bonds. The van der Waals surface area contributed by atoms with Crippen molar-refractivity contribution in [2.75, 3.05) is 31.3 Å². The predicted molar refractivity (Wildman–Crippen MR) is 62.8 cm³/mol. The number of rotatable bonds is 1. The molecule has 1 aliphatic rings. The van der Waals surface area contributed by atoms with Crippen molar-refractivity contribution in [1.29, 1.82) is 0 Å². The first-order chi connectivity index (χ1) is 8.36. The summed E-state index contributed by atoms with van der Waals surface area (Å²) in [7, 11) is 0. The molecule has 17 heavy (non-hydrogen) atoms. The van der Waals surface area contributed by atoms with Crippen molar-refractivity contribution in [3.05, 3.63) is 35.3 Å². The molecule has 0 aliphatic carbocycles. The average Bonchev–Trinajstić information content (AvgIpc) is 2.66. The third kappa shape index (κ3) is 1.80. The van der Waals surface area contributed by atoms with E-state index in [2.05, 4.69) is 4.98 Å². The third-order valence-electron chi connectivity index (χ3n) is 2.97. The van der Waals surface area contributed by atoms with Crippen LogP contribution in [0.1, 0.15) is 6.42 Å². The molecule has 2 aromatic heterocycles. The molecule has 0 saturated carbocycles. The Balaban J connectivity index is 2.03. The van der Waals surface area contributed by atoms with E-state index in [-0.39, 0.29) is 5.56 Å². The summed E-state index contributed by atoms with van der Waals surface area (Å²) in [6.07, 6.45) is 7.79. The van der Waals surface area contributed by atoms with Crippen LogP contribution in [0.2, 0.25) is 0 Å². The Morgan fingerprint density at radius 3 is 3.12 bits per heavy atom. The van der Waals surface area contributed by atoms with Gasteiger partial charge < -0.3 is 9.75 Å². The van der Waals surface area contributed by atoms with E-state index >= 15 is 0 Å². The van der Waals surface area contributed by atoms with Gasteiger partial charge in [0.25, 0.3) is 5.56 Å². The zero-order chi connectivity index (χ0) is 11.7. The Hall–Kier alpha value is -1.82. The SMILES string of the molecule is O=c1c2cncn2ccn1N1CCCOCC1. The topological polar surface area (TPSA) is 51.8 Å². The molecule has 3 rings (SSSR count). The Labute approximate surface area is 98.0 Å². The van der Waals surface area contributed by atoms with E-state index in [4.69, 9.17) is 4.74 Å². The molecular formula is C11H14N4O2. The van der Waals surface area contributed by atoms with Crippen molar-refractivity contribution in [3.8, 4) is 0 Å². The molecule has 1 aliphatic heterocycles. The lowest BCUT2D eigenvalue weighted by Gasteiger charge is -2.23. The number of fused-ring (bicyclic) bond motifs is 1. The Bertz CT molecular complexity index is 566. The zero-order valence-corrected chi connectivity index (χ0v) is 9.45. The van der Waals surface area contributed by atoms with Gasteiger partial charge in [-0.25, -0.2) is 9.66 Å². The van der Waals surface area contributed by atoms with Crippen molar-refractivity contribution >= 4 is 5.52 Å². The number of aromatic nitrogens is 3. The van der Waals surface area contributed by atoms with Crippen LogP contribution < -0.4 is 10.6 Å². The number of imidazole rings is 1. The van der Waals surface area contributed by atoms with Gasteiger partial charge in [0.05, 0.1) is 25.7 Å². The number of hydrogen-bond donors (Lipinski definition) is 0. The number of hydrogen-bond acceptors (Lipinski definition) is 4. The highest BCUT2D eigenvalue weighted by molar-refractivity contribution is 5.41. The van der Waals surface area contributed by atoms with E-state index in [1.165, 1.54) is 0 Å². The van der Waals surface area contributed by atoms with E-state index in [1.807, 2.05) is 11.2 Å². The highest BCUT2D eigenvalue weighted by Crippen LogP contribution is 2.00. The van der Waals surface area contributed by atoms with Crippen molar-refractivity contribution < 1.29 is 4.74 Å². The van der Waals surface area contributed by atoms with Crippen molar-refractivity contribution in [2.45, 2.75) is 6.42 Å². The smallest absolute Gasteiger partial charge is 0.294 e. The molecule has 6 heteroatoms. The average molecular weight is 234 g/mol. The van der Waals surface area contributed by atoms with E-state index < -0.39 is 0 Å². The maximum Gasteiger partial charge on any atom is 0.294 e. The number of nitrogens with zero attached hydrogens (tertiary/aromatic N) is 4. The van der Waals surface area contributed by atoms with Gasteiger partial charge in [0, 0.05) is 25.5 Å². The number of ether oxygens (including phenoxy) is 1. The van der Waals surface area contributed by atoms with Crippen LogP contribution in [-0.2, 0) is 4.74 Å². The van der Waals surface area contributed by atoms with Crippen LogP contribution in [0.3, 0.4) is 0 Å². The molecule has 2 aromatic rings. The van der Waals surface area contributed by atoms with Crippen LogP contribution in [0, 0.1) is 0 Å². The summed E-state index contributed by atoms with van der Waals surface area (Å²) in [5.41, 5.74) is 0.560. The van der Waals surface area contributed by atoms with Crippen LogP contribution in [0.15, 0.2) is 29.7 Å². The highest BCUT2D eigenvalue weighted by atomic mass is 16.5. The molecule has 0 spiro atoms. The first kappa shape index (κ1) is 10.3. The molecule has 6 nitrogen and oxygen atoms in total.